The van der Waals surface area contributed by atoms with Crippen molar-refractivity contribution in [1.29, 1.82) is 0 Å². The van der Waals surface area contributed by atoms with Crippen LogP contribution < -0.4 is 5.32 Å². The SMILES string of the molecule is CN(CC1OCCO1)C(=O)c1csc(C2CCCNC2)n1. The topological polar surface area (TPSA) is 63.7 Å². The molecule has 116 valence electrons. The van der Waals surface area contributed by atoms with Gasteiger partial charge in [0.05, 0.1) is 24.8 Å². The molecule has 6 nitrogen and oxygen atoms in total. The van der Waals surface area contributed by atoms with E-state index >= 15 is 0 Å². The number of hydrogen-bond acceptors (Lipinski definition) is 6. The van der Waals surface area contributed by atoms with Crippen molar-refractivity contribution in [3.8, 4) is 0 Å². The molecule has 3 heterocycles. The standard InChI is InChI=1S/C14H21N3O3S/c1-17(8-12-19-5-6-20-12)14(18)11-9-21-13(16-11)10-3-2-4-15-7-10/h9-10,12,15H,2-8H2,1H3. The number of carbonyl (C=O) groups is 1. The number of piperidine rings is 1. The number of thiazole rings is 1. The lowest BCUT2D eigenvalue weighted by atomic mass is 10.0. The van der Waals surface area contributed by atoms with Gasteiger partial charge in [0.25, 0.3) is 5.91 Å². The second kappa shape index (κ2) is 6.83. The lowest BCUT2D eigenvalue weighted by molar-refractivity contribution is -0.0543. The fraction of sp³-hybridized carbons (Fsp3) is 0.714. The summed E-state index contributed by atoms with van der Waals surface area (Å²) in [6.07, 6.45) is 2.01. The number of aromatic nitrogens is 1. The van der Waals surface area contributed by atoms with Crippen molar-refractivity contribution in [2.75, 3.05) is 39.9 Å². The van der Waals surface area contributed by atoms with Gasteiger partial charge in [-0.1, -0.05) is 0 Å². The maximum absolute atomic E-state index is 12.4. The van der Waals surface area contributed by atoms with Gasteiger partial charge in [-0.05, 0) is 19.4 Å². The number of nitrogens with one attached hydrogen (secondary N) is 1. The van der Waals surface area contributed by atoms with Crippen molar-refractivity contribution in [2.24, 2.45) is 0 Å². The Morgan fingerprint density at radius 2 is 2.33 bits per heavy atom. The molecule has 2 aliphatic rings. The predicted octanol–water partition coefficient (Wildman–Crippen LogP) is 1.05. The van der Waals surface area contributed by atoms with Crippen molar-refractivity contribution in [1.82, 2.24) is 15.2 Å². The van der Waals surface area contributed by atoms with E-state index in [-0.39, 0.29) is 12.2 Å². The molecule has 0 radical (unpaired) electrons. The number of amides is 1. The van der Waals surface area contributed by atoms with Crippen molar-refractivity contribution < 1.29 is 14.3 Å². The smallest absolute Gasteiger partial charge is 0.273 e. The fourth-order valence-corrected chi connectivity index (χ4v) is 3.58. The molecule has 1 N–H and O–H groups in total. The van der Waals surface area contributed by atoms with E-state index in [1.54, 1.807) is 23.3 Å². The Morgan fingerprint density at radius 3 is 3.05 bits per heavy atom. The summed E-state index contributed by atoms with van der Waals surface area (Å²) in [7, 11) is 1.76. The maximum atomic E-state index is 12.4. The van der Waals surface area contributed by atoms with Crippen LogP contribution in [0.2, 0.25) is 0 Å². The Balaban J connectivity index is 1.60. The Morgan fingerprint density at radius 1 is 1.52 bits per heavy atom. The average Bonchev–Trinajstić information content (AvgIpc) is 3.18. The van der Waals surface area contributed by atoms with Gasteiger partial charge in [0, 0.05) is 24.9 Å². The van der Waals surface area contributed by atoms with Crippen LogP contribution in [0, 0.1) is 0 Å². The van der Waals surface area contributed by atoms with Crippen LogP contribution in [0.4, 0.5) is 0 Å². The third-order valence-electron chi connectivity index (χ3n) is 3.85. The molecular formula is C14H21N3O3S. The molecule has 21 heavy (non-hydrogen) atoms. The number of rotatable bonds is 4. The first-order chi connectivity index (χ1) is 10.2. The average molecular weight is 311 g/mol. The third kappa shape index (κ3) is 3.60. The molecule has 1 aromatic heterocycles. The lowest BCUT2D eigenvalue weighted by Crippen LogP contribution is -2.35. The zero-order chi connectivity index (χ0) is 14.7. The van der Waals surface area contributed by atoms with Crippen LogP contribution >= 0.6 is 11.3 Å². The third-order valence-corrected chi connectivity index (χ3v) is 4.85. The van der Waals surface area contributed by atoms with Gasteiger partial charge in [-0.2, -0.15) is 0 Å². The summed E-state index contributed by atoms with van der Waals surface area (Å²) in [6.45, 7) is 3.68. The second-order valence-electron chi connectivity index (χ2n) is 5.47. The number of likely N-dealkylation sites (N-methyl/N-ethyl adjacent to an activating group) is 1. The van der Waals surface area contributed by atoms with Crippen LogP contribution in [-0.4, -0.2) is 62.0 Å². The molecule has 0 bridgehead atoms. The highest BCUT2D eigenvalue weighted by atomic mass is 32.1. The Hall–Kier alpha value is -1.02. The second-order valence-corrected chi connectivity index (χ2v) is 6.36. The van der Waals surface area contributed by atoms with E-state index in [9.17, 15) is 4.79 Å². The summed E-state index contributed by atoms with van der Waals surface area (Å²) in [5.41, 5.74) is 0.529. The molecule has 1 unspecified atom stereocenters. The van der Waals surface area contributed by atoms with E-state index in [1.807, 2.05) is 5.38 Å². The predicted molar refractivity (Wildman–Crippen MR) is 79.6 cm³/mol. The molecular weight excluding hydrogens is 290 g/mol. The molecule has 3 rings (SSSR count). The molecule has 2 fully saturated rings. The number of nitrogens with zero attached hydrogens (tertiary/aromatic N) is 2. The first kappa shape index (κ1) is 14.9. The molecule has 1 amide bonds. The molecule has 1 aromatic rings. The highest BCUT2D eigenvalue weighted by Gasteiger charge is 2.24. The summed E-state index contributed by atoms with van der Waals surface area (Å²) in [5.74, 6) is 0.373. The summed E-state index contributed by atoms with van der Waals surface area (Å²) in [6, 6.07) is 0. The molecule has 7 heteroatoms. The first-order valence-corrected chi connectivity index (χ1v) is 8.27. The molecule has 0 spiro atoms. The molecule has 2 saturated heterocycles. The van der Waals surface area contributed by atoms with Crippen LogP contribution in [0.15, 0.2) is 5.38 Å². The van der Waals surface area contributed by atoms with Crippen molar-refractivity contribution in [2.45, 2.75) is 25.0 Å². The molecule has 0 saturated carbocycles. The number of ether oxygens (including phenoxy) is 2. The minimum atomic E-state index is -0.306. The van der Waals surface area contributed by atoms with Gasteiger partial charge in [0.1, 0.15) is 5.69 Å². The van der Waals surface area contributed by atoms with Crippen molar-refractivity contribution in [3.05, 3.63) is 16.1 Å². The summed E-state index contributed by atoms with van der Waals surface area (Å²) in [4.78, 5) is 18.5. The van der Waals surface area contributed by atoms with Crippen molar-refractivity contribution >= 4 is 17.2 Å². The van der Waals surface area contributed by atoms with E-state index in [1.165, 1.54) is 6.42 Å². The highest BCUT2D eigenvalue weighted by Crippen LogP contribution is 2.26. The van der Waals surface area contributed by atoms with Crippen LogP contribution in [0.25, 0.3) is 0 Å². The highest BCUT2D eigenvalue weighted by molar-refractivity contribution is 7.09. The van der Waals surface area contributed by atoms with E-state index < -0.39 is 0 Å². The van der Waals surface area contributed by atoms with Gasteiger partial charge in [-0.15, -0.1) is 11.3 Å². The molecule has 0 aromatic carbocycles. The van der Waals surface area contributed by atoms with Crippen LogP contribution in [0.1, 0.15) is 34.3 Å². The Kier molecular flexibility index (Phi) is 4.84. The van der Waals surface area contributed by atoms with E-state index in [0.29, 0.717) is 31.4 Å². The zero-order valence-electron chi connectivity index (χ0n) is 12.2. The quantitative estimate of drug-likeness (QED) is 0.901. The van der Waals surface area contributed by atoms with Gasteiger partial charge in [-0.3, -0.25) is 4.79 Å². The van der Waals surface area contributed by atoms with Gasteiger partial charge < -0.3 is 19.7 Å². The Labute approximate surface area is 128 Å². The zero-order valence-corrected chi connectivity index (χ0v) is 13.0. The van der Waals surface area contributed by atoms with Gasteiger partial charge in [-0.25, -0.2) is 4.98 Å². The monoisotopic (exact) mass is 311 g/mol. The minimum Gasteiger partial charge on any atom is -0.348 e. The molecule has 2 aliphatic heterocycles. The minimum absolute atomic E-state index is 0.0691. The lowest BCUT2D eigenvalue weighted by Gasteiger charge is -2.21. The summed E-state index contributed by atoms with van der Waals surface area (Å²) < 4.78 is 10.7. The molecule has 0 aliphatic carbocycles. The maximum Gasteiger partial charge on any atom is 0.273 e. The molecule has 1 atom stereocenters. The normalized spacial score (nSPS) is 23.4. The van der Waals surface area contributed by atoms with E-state index in [0.717, 1.165) is 24.5 Å². The van der Waals surface area contributed by atoms with Crippen LogP contribution in [0.3, 0.4) is 0 Å². The fourth-order valence-electron chi connectivity index (χ4n) is 2.65. The first-order valence-electron chi connectivity index (χ1n) is 7.39. The van der Waals surface area contributed by atoms with E-state index in [2.05, 4.69) is 10.3 Å². The number of carbonyl (C=O) groups excluding carboxylic acids is 1. The van der Waals surface area contributed by atoms with Gasteiger partial charge in [0.2, 0.25) is 0 Å². The summed E-state index contributed by atoms with van der Waals surface area (Å²) in [5, 5.41) is 6.30. The number of hydrogen-bond donors (Lipinski definition) is 1. The largest absolute Gasteiger partial charge is 0.348 e. The van der Waals surface area contributed by atoms with Gasteiger partial charge >= 0.3 is 0 Å². The Bertz CT molecular complexity index is 482. The van der Waals surface area contributed by atoms with Crippen molar-refractivity contribution in [3.63, 3.8) is 0 Å². The van der Waals surface area contributed by atoms with Crippen LogP contribution in [0.5, 0.6) is 0 Å². The summed E-state index contributed by atoms with van der Waals surface area (Å²) >= 11 is 1.58. The van der Waals surface area contributed by atoms with Gasteiger partial charge in [0.15, 0.2) is 6.29 Å². The van der Waals surface area contributed by atoms with E-state index in [4.69, 9.17) is 9.47 Å². The van der Waals surface area contributed by atoms with Crippen LogP contribution in [-0.2, 0) is 9.47 Å².